The molecule has 0 N–H and O–H groups in total. The molecule has 0 bridgehead atoms. The van der Waals surface area contributed by atoms with E-state index in [1.807, 2.05) is 6.07 Å². The van der Waals surface area contributed by atoms with E-state index in [9.17, 15) is 4.79 Å². The van der Waals surface area contributed by atoms with Crippen molar-refractivity contribution in [2.75, 3.05) is 13.7 Å². The molecule has 5 nitrogen and oxygen atoms in total. The van der Waals surface area contributed by atoms with Crippen LogP contribution >= 0.6 is 0 Å². The summed E-state index contributed by atoms with van der Waals surface area (Å²) in [6.45, 7) is 1.25. The molecule has 0 radical (unpaired) electrons. The third-order valence-corrected chi connectivity index (χ3v) is 1.69. The van der Waals surface area contributed by atoms with E-state index < -0.39 is 5.97 Å². The van der Waals surface area contributed by atoms with E-state index >= 15 is 0 Å². The van der Waals surface area contributed by atoms with Gasteiger partial charge in [-0.2, -0.15) is 5.26 Å². The van der Waals surface area contributed by atoms with Crippen molar-refractivity contribution in [3.63, 3.8) is 0 Å². The highest BCUT2D eigenvalue weighted by atomic mass is 16.5. The van der Waals surface area contributed by atoms with E-state index in [2.05, 4.69) is 0 Å². The number of esters is 1. The van der Waals surface area contributed by atoms with Gasteiger partial charge in [-0.25, -0.2) is 0 Å². The Kier molecular flexibility index (Phi) is 4.16. The largest absolute Gasteiger partial charge is 0.493 e. The van der Waals surface area contributed by atoms with Crippen LogP contribution in [0.4, 0.5) is 0 Å². The summed E-state index contributed by atoms with van der Waals surface area (Å²) < 4.78 is 15.0. The smallest absolute Gasteiger partial charge is 0.308 e. The van der Waals surface area contributed by atoms with Crippen LogP contribution in [-0.2, 0) is 4.79 Å². The lowest BCUT2D eigenvalue weighted by Gasteiger charge is -2.09. The van der Waals surface area contributed by atoms with E-state index in [4.69, 9.17) is 19.5 Å². The van der Waals surface area contributed by atoms with Gasteiger partial charge in [0.2, 0.25) is 0 Å². The van der Waals surface area contributed by atoms with Crippen LogP contribution in [0.25, 0.3) is 0 Å². The van der Waals surface area contributed by atoms with E-state index in [-0.39, 0.29) is 6.61 Å². The molecule has 0 unspecified atom stereocenters. The molecule has 0 aliphatic rings. The molecular weight excluding hydrogens is 210 g/mol. The first-order valence-corrected chi connectivity index (χ1v) is 4.53. The molecule has 0 fully saturated rings. The van der Waals surface area contributed by atoms with Crippen molar-refractivity contribution in [2.24, 2.45) is 0 Å². The lowest BCUT2D eigenvalue weighted by Crippen LogP contribution is -2.02. The Bertz CT molecular complexity index is 422. The van der Waals surface area contributed by atoms with Crippen molar-refractivity contribution in [3.8, 4) is 23.3 Å². The molecule has 0 amide bonds. The summed E-state index contributed by atoms with van der Waals surface area (Å²) in [6.07, 6.45) is 0. The first-order valence-electron chi connectivity index (χ1n) is 4.53. The second kappa shape index (κ2) is 5.61. The third-order valence-electron chi connectivity index (χ3n) is 1.69. The van der Waals surface area contributed by atoms with Gasteiger partial charge in [0.15, 0.2) is 18.1 Å². The third kappa shape index (κ3) is 3.17. The molecule has 1 aromatic rings. The topological polar surface area (TPSA) is 68.6 Å². The van der Waals surface area contributed by atoms with Gasteiger partial charge in [0.1, 0.15) is 11.8 Å². The lowest BCUT2D eigenvalue weighted by molar-refractivity contribution is -0.131. The van der Waals surface area contributed by atoms with Gasteiger partial charge in [-0.05, 0) is 12.1 Å². The quantitative estimate of drug-likeness (QED) is 0.569. The number of methoxy groups -OCH3 is 1. The molecule has 0 spiro atoms. The molecule has 1 rings (SSSR count). The maximum Gasteiger partial charge on any atom is 0.308 e. The molecule has 16 heavy (non-hydrogen) atoms. The van der Waals surface area contributed by atoms with Gasteiger partial charge < -0.3 is 14.2 Å². The maximum atomic E-state index is 10.7. The number of ether oxygens (including phenoxy) is 3. The van der Waals surface area contributed by atoms with E-state index in [1.165, 1.54) is 20.1 Å². The Hall–Kier alpha value is -2.22. The van der Waals surface area contributed by atoms with Crippen LogP contribution in [0.1, 0.15) is 6.92 Å². The van der Waals surface area contributed by atoms with Crippen LogP contribution in [-0.4, -0.2) is 19.7 Å². The summed E-state index contributed by atoms with van der Waals surface area (Å²) in [5, 5.41) is 8.38. The predicted octanol–water partition coefficient (Wildman–Crippen LogP) is 1.52. The zero-order chi connectivity index (χ0) is 12.0. The molecular formula is C11H11NO4. The van der Waals surface area contributed by atoms with Crippen molar-refractivity contribution in [1.29, 1.82) is 5.26 Å². The second-order valence-electron chi connectivity index (χ2n) is 2.85. The average molecular weight is 221 g/mol. The highest BCUT2D eigenvalue weighted by Gasteiger charge is 2.07. The van der Waals surface area contributed by atoms with Crippen molar-refractivity contribution >= 4 is 5.97 Å². The maximum absolute atomic E-state index is 10.7. The zero-order valence-electron chi connectivity index (χ0n) is 9.02. The van der Waals surface area contributed by atoms with Crippen LogP contribution < -0.4 is 14.2 Å². The Labute approximate surface area is 93.2 Å². The van der Waals surface area contributed by atoms with Crippen LogP contribution in [0.5, 0.6) is 17.2 Å². The summed E-state index contributed by atoms with van der Waals surface area (Å²) in [5.74, 6) is 0.801. The standard InChI is InChI=1S/C11H11NO4/c1-8(13)16-9-3-4-10(15-6-5-12)11(7-9)14-2/h3-4,7H,6H2,1-2H3. The minimum absolute atomic E-state index is 0.0662. The van der Waals surface area contributed by atoms with E-state index in [1.54, 1.807) is 12.1 Å². The zero-order valence-corrected chi connectivity index (χ0v) is 9.02. The lowest BCUT2D eigenvalue weighted by atomic mass is 10.3. The Morgan fingerprint density at radius 3 is 2.75 bits per heavy atom. The molecule has 0 aliphatic heterocycles. The average Bonchev–Trinajstić information content (AvgIpc) is 2.26. The molecule has 0 aliphatic carbocycles. The molecule has 0 saturated heterocycles. The summed E-state index contributed by atoms with van der Waals surface area (Å²) in [6, 6.07) is 6.52. The number of benzene rings is 1. The predicted molar refractivity (Wildman–Crippen MR) is 55.4 cm³/mol. The normalized spacial score (nSPS) is 9.06. The monoisotopic (exact) mass is 221 g/mol. The summed E-state index contributed by atoms with van der Waals surface area (Å²) in [4.78, 5) is 10.7. The highest BCUT2D eigenvalue weighted by Crippen LogP contribution is 2.31. The number of rotatable bonds is 4. The Balaban J connectivity index is 2.88. The molecule has 0 atom stereocenters. The van der Waals surface area contributed by atoms with Gasteiger partial charge in [0, 0.05) is 13.0 Å². The van der Waals surface area contributed by atoms with Crippen LogP contribution in [0.2, 0.25) is 0 Å². The molecule has 5 heteroatoms. The fraction of sp³-hybridized carbons (Fsp3) is 0.273. The van der Waals surface area contributed by atoms with Gasteiger partial charge in [0.25, 0.3) is 0 Å². The van der Waals surface area contributed by atoms with Crippen molar-refractivity contribution in [1.82, 2.24) is 0 Å². The molecule has 0 saturated carbocycles. The number of hydrogen-bond acceptors (Lipinski definition) is 5. The van der Waals surface area contributed by atoms with Gasteiger partial charge in [-0.1, -0.05) is 0 Å². The van der Waals surface area contributed by atoms with Gasteiger partial charge in [-0.15, -0.1) is 0 Å². The van der Waals surface area contributed by atoms with Crippen molar-refractivity contribution < 1.29 is 19.0 Å². The summed E-state index contributed by atoms with van der Waals surface area (Å²) >= 11 is 0. The van der Waals surface area contributed by atoms with Crippen LogP contribution in [0.3, 0.4) is 0 Å². The summed E-state index contributed by atoms with van der Waals surface area (Å²) in [7, 11) is 1.46. The van der Waals surface area contributed by atoms with Crippen molar-refractivity contribution in [3.05, 3.63) is 18.2 Å². The van der Waals surface area contributed by atoms with E-state index in [0.717, 1.165) is 0 Å². The fourth-order valence-electron chi connectivity index (χ4n) is 1.11. The Morgan fingerprint density at radius 2 is 2.19 bits per heavy atom. The number of nitrogens with zero attached hydrogens (tertiary/aromatic N) is 1. The molecule has 84 valence electrons. The highest BCUT2D eigenvalue weighted by molar-refractivity contribution is 5.69. The molecule has 0 heterocycles. The van der Waals surface area contributed by atoms with Crippen molar-refractivity contribution in [2.45, 2.75) is 6.92 Å². The molecule has 0 aromatic heterocycles. The molecule has 1 aromatic carbocycles. The first-order chi connectivity index (χ1) is 7.67. The fourth-order valence-corrected chi connectivity index (χ4v) is 1.11. The minimum Gasteiger partial charge on any atom is -0.493 e. The van der Waals surface area contributed by atoms with E-state index in [0.29, 0.717) is 17.2 Å². The SMILES string of the molecule is COc1cc(OC(C)=O)ccc1OCC#N. The van der Waals surface area contributed by atoms with Crippen LogP contribution in [0, 0.1) is 11.3 Å². The number of carbonyl (C=O) groups is 1. The number of hydrogen-bond donors (Lipinski definition) is 0. The first kappa shape index (κ1) is 11.9. The number of carbonyl (C=O) groups excluding carboxylic acids is 1. The van der Waals surface area contributed by atoms with Crippen LogP contribution in [0.15, 0.2) is 18.2 Å². The Morgan fingerprint density at radius 1 is 1.44 bits per heavy atom. The van der Waals surface area contributed by atoms with Gasteiger partial charge >= 0.3 is 5.97 Å². The van der Waals surface area contributed by atoms with Gasteiger partial charge in [-0.3, -0.25) is 4.79 Å². The number of nitriles is 1. The minimum atomic E-state index is -0.409. The summed E-state index contributed by atoms with van der Waals surface area (Å²) in [5.41, 5.74) is 0. The van der Waals surface area contributed by atoms with Gasteiger partial charge in [0.05, 0.1) is 7.11 Å². The second-order valence-corrected chi connectivity index (χ2v) is 2.85.